The van der Waals surface area contributed by atoms with Gasteiger partial charge in [0, 0.05) is 32.7 Å². The van der Waals surface area contributed by atoms with E-state index in [4.69, 9.17) is 0 Å². The first-order chi connectivity index (χ1) is 9.42. The van der Waals surface area contributed by atoms with Gasteiger partial charge in [-0.25, -0.2) is 0 Å². The van der Waals surface area contributed by atoms with Crippen molar-refractivity contribution < 1.29 is 0 Å². The Bertz CT molecular complexity index is 373. The van der Waals surface area contributed by atoms with Gasteiger partial charge in [0.1, 0.15) is 0 Å². The van der Waals surface area contributed by atoms with Crippen molar-refractivity contribution in [2.45, 2.75) is 44.6 Å². The minimum atomic E-state index is 0.835. The van der Waals surface area contributed by atoms with Crippen LogP contribution in [0, 0.1) is 0 Å². The quantitative estimate of drug-likeness (QED) is 0.896. The molecular formula is C17H26N2. The van der Waals surface area contributed by atoms with E-state index in [0.717, 1.165) is 25.6 Å². The van der Waals surface area contributed by atoms with Crippen LogP contribution < -0.4 is 5.32 Å². The molecule has 1 heterocycles. The van der Waals surface area contributed by atoms with E-state index in [9.17, 15) is 0 Å². The number of hydrogen-bond donors (Lipinski definition) is 1. The van der Waals surface area contributed by atoms with Gasteiger partial charge in [0.2, 0.25) is 0 Å². The largest absolute Gasteiger partial charge is 0.314 e. The Morgan fingerprint density at radius 2 is 1.63 bits per heavy atom. The summed E-state index contributed by atoms with van der Waals surface area (Å²) in [5.74, 6) is 0.835. The average molecular weight is 258 g/mol. The molecule has 0 unspecified atom stereocenters. The SMILES string of the molecule is c1cc(C2CCCCC2)ccc1CN1CCNCC1. The fourth-order valence-corrected chi connectivity index (χ4v) is 3.46. The van der Waals surface area contributed by atoms with Crippen molar-refractivity contribution in [3.8, 4) is 0 Å². The number of benzene rings is 1. The van der Waals surface area contributed by atoms with Crippen molar-refractivity contribution in [1.29, 1.82) is 0 Å². The molecule has 19 heavy (non-hydrogen) atoms. The van der Waals surface area contributed by atoms with Crippen molar-refractivity contribution in [2.75, 3.05) is 26.2 Å². The fourth-order valence-electron chi connectivity index (χ4n) is 3.46. The molecule has 1 aliphatic carbocycles. The molecule has 1 saturated carbocycles. The number of hydrogen-bond acceptors (Lipinski definition) is 2. The van der Waals surface area contributed by atoms with E-state index < -0.39 is 0 Å². The Labute approximate surface area is 117 Å². The Kier molecular flexibility index (Phi) is 4.52. The molecule has 3 rings (SSSR count). The predicted octanol–water partition coefficient (Wildman–Crippen LogP) is 3.14. The normalized spacial score (nSPS) is 22.5. The van der Waals surface area contributed by atoms with E-state index in [1.54, 1.807) is 5.56 Å². The maximum absolute atomic E-state index is 3.41. The van der Waals surface area contributed by atoms with E-state index in [-0.39, 0.29) is 0 Å². The highest BCUT2D eigenvalue weighted by atomic mass is 15.2. The molecule has 2 nitrogen and oxygen atoms in total. The monoisotopic (exact) mass is 258 g/mol. The molecule has 1 aromatic carbocycles. The van der Waals surface area contributed by atoms with Gasteiger partial charge < -0.3 is 5.32 Å². The second-order valence-corrected chi connectivity index (χ2v) is 6.10. The van der Waals surface area contributed by atoms with Crippen LogP contribution in [-0.4, -0.2) is 31.1 Å². The maximum Gasteiger partial charge on any atom is 0.0234 e. The van der Waals surface area contributed by atoms with Crippen molar-refractivity contribution in [2.24, 2.45) is 0 Å². The predicted molar refractivity (Wildman–Crippen MR) is 80.4 cm³/mol. The zero-order valence-corrected chi connectivity index (χ0v) is 11.9. The van der Waals surface area contributed by atoms with Gasteiger partial charge in [-0.15, -0.1) is 0 Å². The maximum atomic E-state index is 3.41. The van der Waals surface area contributed by atoms with Crippen LogP contribution >= 0.6 is 0 Å². The second-order valence-electron chi connectivity index (χ2n) is 6.10. The summed E-state index contributed by atoms with van der Waals surface area (Å²) in [4.78, 5) is 2.55. The molecule has 0 bridgehead atoms. The summed E-state index contributed by atoms with van der Waals surface area (Å²) in [6, 6.07) is 9.47. The van der Waals surface area contributed by atoms with Gasteiger partial charge in [0.15, 0.2) is 0 Å². The average Bonchev–Trinajstić information content (AvgIpc) is 2.50. The van der Waals surface area contributed by atoms with E-state index in [1.807, 2.05) is 0 Å². The van der Waals surface area contributed by atoms with Gasteiger partial charge in [-0.3, -0.25) is 4.90 Å². The van der Waals surface area contributed by atoms with E-state index in [0.29, 0.717) is 0 Å². The van der Waals surface area contributed by atoms with E-state index in [1.165, 1.54) is 50.8 Å². The van der Waals surface area contributed by atoms with Crippen LogP contribution in [0.2, 0.25) is 0 Å². The van der Waals surface area contributed by atoms with E-state index >= 15 is 0 Å². The fraction of sp³-hybridized carbons (Fsp3) is 0.647. The van der Waals surface area contributed by atoms with Crippen molar-refractivity contribution in [1.82, 2.24) is 10.2 Å². The molecule has 1 N–H and O–H groups in total. The third kappa shape index (κ3) is 3.58. The van der Waals surface area contributed by atoms with Gasteiger partial charge in [0.05, 0.1) is 0 Å². The van der Waals surface area contributed by atoms with Crippen LogP contribution in [0.5, 0.6) is 0 Å². The smallest absolute Gasteiger partial charge is 0.0234 e. The van der Waals surface area contributed by atoms with Gasteiger partial charge >= 0.3 is 0 Å². The summed E-state index contributed by atoms with van der Waals surface area (Å²) in [7, 11) is 0. The molecule has 0 atom stereocenters. The van der Waals surface area contributed by atoms with Gasteiger partial charge in [0.25, 0.3) is 0 Å². The molecule has 0 radical (unpaired) electrons. The second kappa shape index (κ2) is 6.53. The van der Waals surface area contributed by atoms with Crippen molar-refractivity contribution in [3.05, 3.63) is 35.4 Å². The number of nitrogens with zero attached hydrogens (tertiary/aromatic N) is 1. The van der Waals surface area contributed by atoms with Crippen molar-refractivity contribution >= 4 is 0 Å². The lowest BCUT2D eigenvalue weighted by atomic mass is 9.84. The first kappa shape index (κ1) is 13.1. The lowest BCUT2D eigenvalue weighted by molar-refractivity contribution is 0.233. The Hall–Kier alpha value is -0.860. The van der Waals surface area contributed by atoms with Crippen LogP contribution in [0.4, 0.5) is 0 Å². The number of piperazine rings is 1. The molecule has 2 aliphatic rings. The highest BCUT2D eigenvalue weighted by Crippen LogP contribution is 2.32. The summed E-state index contributed by atoms with van der Waals surface area (Å²) >= 11 is 0. The topological polar surface area (TPSA) is 15.3 Å². The zero-order valence-electron chi connectivity index (χ0n) is 11.9. The summed E-state index contributed by atoms with van der Waals surface area (Å²) in [6.45, 7) is 5.77. The van der Waals surface area contributed by atoms with Gasteiger partial charge in [-0.2, -0.15) is 0 Å². The van der Waals surface area contributed by atoms with Crippen molar-refractivity contribution in [3.63, 3.8) is 0 Å². The molecule has 0 amide bonds. The summed E-state index contributed by atoms with van der Waals surface area (Å²) < 4.78 is 0. The summed E-state index contributed by atoms with van der Waals surface area (Å²) in [5.41, 5.74) is 3.05. The van der Waals surface area contributed by atoms with Crippen LogP contribution in [0.1, 0.15) is 49.1 Å². The van der Waals surface area contributed by atoms with Gasteiger partial charge in [-0.05, 0) is 29.9 Å². The Morgan fingerprint density at radius 1 is 0.947 bits per heavy atom. The first-order valence-corrected chi connectivity index (χ1v) is 7.94. The van der Waals surface area contributed by atoms with Gasteiger partial charge in [-0.1, -0.05) is 43.5 Å². The summed E-state index contributed by atoms with van der Waals surface area (Å²) in [5, 5.41) is 3.41. The molecule has 1 saturated heterocycles. The van der Waals surface area contributed by atoms with Crippen LogP contribution in [0.15, 0.2) is 24.3 Å². The number of rotatable bonds is 3. The van der Waals surface area contributed by atoms with Crippen LogP contribution in [0.3, 0.4) is 0 Å². The highest BCUT2D eigenvalue weighted by Gasteiger charge is 2.15. The molecule has 104 valence electrons. The standard InChI is InChI=1S/C17H26N2/c1-2-4-16(5-3-1)17-8-6-15(7-9-17)14-19-12-10-18-11-13-19/h6-9,16,18H,1-5,10-14H2. The molecule has 0 aromatic heterocycles. The molecule has 2 heteroatoms. The first-order valence-electron chi connectivity index (χ1n) is 7.94. The number of nitrogens with one attached hydrogen (secondary N) is 1. The zero-order chi connectivity index (χ0) is 12.9. The molecular weight excluding hydrogens is 232 g/mol. The van der Waals surface area contributed by atoms with E-state index in [2.05, 4.69) is 34.5 Å². The molecule has 1 aromatic rings. The molecule has 2 fully saturated rings. The third-order valence-electron chi connectivity index (χ3n) is 4.67. The lowest BCUT2D eigenvalue weighted by Crippen LogP contribution is -2.42. The minimum absolute atomic E-state index is 0.835. The summed E-state index contributed by atoms with van der Waals surface area (Å²) in [6.07, 6.45) is 7.09. The van der Waals surface area contributed by atoms with Crippen LogP contribution in [0.25, 0.3) is 0 Å². The lowest BCUT2D eigenvalue weighted by Gasteiger charge is -2.27. The third-order valence-corrected chi connectivity index (χ3v) is 4.67. The Balaban J connectivity index is 1.58. The molecule has 0 spiro atoms. The molecule has 1 aliphatic heterocycles. The van der Waals surface area contributed by atoms with Crippen LogP contribution in [-0.2, 0) is 6.54 Å². The minimum Gasteiger partial charge on any atom is -0.314 e. The highest BCUT2D eigenvalue weighted by molar-refractivity contribution is 5.25. The Morgan fingerprint density at radius 3 is 2.32 bits per heavy atom.